The van der Waals surface area contributed by atoms with Gasteiger partial charge in [-0.15, -0.1) is 0 Å². The van der Waals surface area contributed by atoms with Gasteiger partial charge in [-0.25, -0.2) is 24.8 Å². The van der Waals surface area contributed by atoms with Crippen LogP contribution in [-0.2, 0) is 76.3 Å². The van der Waals surface area contributed by atoms with Gasteiger partial charge >= 0.3 is 47.8 Å². The average Bonchev–Trinajstić information content (AvgIpc) is 4.05. The van der Waals surface area contributed by atoms with Gasteiger partial charge in [-0.05, 0) is 95.4 Å². The van der Waals surface area contributed by atoms with Crippen molar-refractivity contribution in [3.05, 3.63) is 91.7 Å². The molecule has 0 saturated heterocycles. The molecule has 20 heteroatoms. The third-order valence-corrected chi connectivity index (χ3v) is 11.4. The highest BCUT2D eigenvalue weighted by atomic mass is 16.5. The molecule has 0 radical (unpaired) electrons. The zero-order valence-corrected chi connectivity index (χ0v) is 39.1. The van der Waals surface area contributed by atoms with E-state index in [0.717, 1.165) is 0 Å². The first kappa shape index (κ1) is 51.3. The molecule has 0 aliphatic carbocycles. The van der Waals surface area contributed by atoms with E-state index in [0.29, 0.717) is 39.1 Å². The van der Waals surface area contributed by atoms with E-state index >= 15 is 0 Å². The number of aliphatic imine (C=N–C) groups is 4. The molecule has 5 rings (SSSR count). The first-order valence-electron chi connectivity index (χ1n) is 21.3. The third-order valence-electron chi connectivity index (χ3n) is 11.4. The standard InChI is InChI=1S/C48H52N4O16/c1-61-40(53)14-9-25-26(10-15-41(54)62-2)33-22-37-31(20-46(59)67-7)28(12-17-43(56)64-4)35(51-37)24-39-47(48(60)68-8)29(13-18-44(57)65-5)36(52-39)23-38-30(19-45(58)66-6)27(11-16-42(55)63-3)34(50-38)21-32(25)49-33/h21-24H,9-20H2,1-8H3. The summed E-state index contributed by atoms with van der Waals surface area (Å²) in [6.45, 7) is 0. The topological polar surface area (TPSA) is 260 Å². The molecule has 8 bridgehead atoms. The second-order valence-corrected chi connectivity index (χ2v) is 15.2. The Kier molecular flexibility index (Phi) is 17.9. The first-order valence-corrected chi connectivity index (χ1v) is 21.3. The highest BCUT2D eigenvalue weighted by Gasteiger charge is 2.35. The molecular weight excluding hydrogens is 889 g/mol. The van der Waals surface area contributed by atoms with E-state index < -0.39 is 47.8 Å². The van der Waals surface area contributed by atoms with Crippen molar-refractivity contribution in [2.24, 2.45) is 20.0 Å². The van der Waals surface area contributed by atoms with Crippen molar-refractivity contribution >= 4 is 70.6 Å². The Morgan fingerprint density at radius 1 is 0.324 bits per heavy atom. The quantitative estimate of drug-likeness (QED) is 0.119. The number of carbonyl (C=O) groups is 8. The molecule has 0 aromatic heterocycles. The van der Waals surface area contributed by atoms with Crippen LogP contribution in [0.3, 0.4) is 0 Å². The maximum atomic E-state index is 13.9. The predicted octanol–water partition coefficient (Wildman–Crippen LogP) is 4.61. The number of rotatable bonds is 20. The van der Waals surface area contributed by atoms with Crippen molar-refractivity contribution in [1.82, 2.24) is 0 Å². The Balaban J connectivity index is 1.97. The van der Waals surface area contributed by atoms with Crippen molar-refractivity contribution in [2.45, 2.75) is 77.0 Å². The summed E-state index contributed by atoms with van der Waals surface area (Å²) < 4.78 is 40.3. The van der Waals surface area contributed by atoms with Crippen molar-refractivity contribution in [3.8, 4) is 0 Å². The maximum absolute atomic E-state index is 13.9. The molecule has 5 heterocycles. The maximum Gasteiger partial charge on any atom is 0.340 e. The Hall–Kier alpha value is -7.64. The Morgan fingerprint density at radius 2 is 0.588 bits per heavy atom. The molecule has 360 valence electrons. The lowest BCUT2D eigenvalue weighted by Gasteiger charge is -2.11. The van der Waals surface area contributed by atoms with Gasteiger partial charge in [-0.1, -0.05) is 0 Å². The van der Waals surface area contributed by atoms with Crippen LogP contribution in [0.5, 0.6) is 0 Å². The first-order chi connectivity index (χ1) is 32.6. The van der Waals surface area contributed by atoms with Gasteiger partial charge in [0.25, 0.3) is 0 Å². The van der Waals surface area contributed by atoms with Gasteiger partial charge in [0, 0.05) is 32.1 Å². The van der Waals surface area contributed by atoms with E-state index in [4.69, 9.17) is 57.9 Å². The van der Waals surface area contributed by atoms with Gasteiger partial charge in [-0.2, -0.15) is 0 Å². The number of hydrogen-bond donors (Lipinski definition) is 0. The fraction of sp³-hybridized carbons (Fsp3) is 0.417. The van der Waals surface area contributed by atoms with Gasteiger partial charge in [0.15, 0.2) is 0 Å². The number of hydrogen-bond acceptors (Lipinski definition) is 20. The highest BCUT2D eigenvalue weighted by Crippen LogP contribution is 2.41. The van der Waals surface area contributed by atoms with E-state index in [-0.39, 0.29) is 128 Å². The van der Waals surface area contributed by atoms with Crippen LogP contribution >= 0.6 is 0 Å². The summed E-state index contributed by atoms with van der Waals surface area (Å²) >= 11 is 0. The van der Waals surface area contributed by atoms with Crippen LogP contribution in [0.15, 0.2) is 112 Å². The van der Waals surface area contributed by atoms with Crippen LogP contribution in [0.25, 0.3) is 0 Å². The largest absolute Gasteiger partial charge is 0.469 e. The van der Waals surface area contributed by atoms with E-state index in [1.807, 2.05) is 0 Å². The molecule has 0 N–H and O–H groups in total. The molecule has 0 fully saturated rings. The molecule has 5 aliphatic rings. The lowest BCUT2D eigenvalue weighted by atomic mass is 9.92. The van der Waals surface area contributed by atoms with Gasteiger partial charge in [-0.3, -0.25) is 33.6 Å². The number of ether oxygens (including phenoxy) is 8. The van der Waals surface area contributed by atoms with E-state index in [1.165, 1.54) is 69.0 Å². The molecule has 0 unspecified atom stereocenters. The van der Waals surface area contributed by atoms with Gasteiger partial charge in [0.05, 0.1) is 121 Å². The molecule has 68 heavy (non-hydrogen) atoms. The third kappa shape index (κ3) is 12.2. The number of methoxy groups -OCH3 is 8. The lowest BCUT2D eigenvalue weighted by molar-refractivity contribution is -0.141. The van der Waals surface area contributed by atoms with Crippen molar-refractivity contribution < 1.29 is 76.3 Å². The Morgan fingerprint density at radius 3 is 0.926 bits per heavy atom. The minimum Gasteiger partial charge on any atom is -0.469 e. The number of fused-ring (bicyclic) bond motifs is 4. The fourth-order valence-electron chi connectivity index (χ4n) is 7.89. The predicted molar refractivity (Wildman–Crippen MR) is 242 cm³/mol. The summed E-state index contributed by atoms with van der Waals surface area (Å²) in [5, 5.41) is 0. The summed E-state index contributed by atoms with van der Waals surface area (Å²) in [4.78, 5) is 124. The van der Waals surface area contributed by atoms with Crippen LogP contribution in [0.4, 0.5) is 0 Å². The zero-order valence-electron chi connectivity index (χ0n) is 39.1. The molecule has 0 aromatic rings. The minimum absolute atomic E-state index is 0.00761. The van der Waals surface area contributed by atoms with E-state index in [9.17, 15) is 38.4 Å². The van der Waals surface area contributed by atoms with Gasteiger partial charge in [0.1, 0.15) is 0 Å². The second kappa shape index (κ2) is 23.7. The fourth-order valence-corrected chi connectivity index (χ4v) is 7.89. The Labute approximate surface area is 391 Å². The van der Waals surface area contributed by atoms with Crippen LogP contribution in [0.2, 0.25) is 0 Å². The molecular formula is C48H52N4O16. The van der Waals surface area contributed by atoms with E-state index in [2.05, 4.69) is 0 Å². The van der Waals surface area contributed by atoms with Crippen LogP contribution < -0.4 is 0 Å². The summed E-state index contributed by atoms with van der Waals surface area (Å²) in [5.74, 6) is -4.92. The normalized spacial score (nSPS) is 16.1. The Bertz CT molecular complexity index is 2570. The SMILES string of the molecule is COC(=O)CCC1=C(CCC(=O)OC)C2=NC1=CC1=NC(=CC3=NC(=CC4=NC(=C2)C(CC(=O)OC)=C4CCC(=O)OC)C(C(=O)OC)=C3CCC(=O)OC)C(CC(=O)OC)=C1CCC(=O)OC. The van der Waals surface area contributed by atoms with Crippen molar-refractivity contribution in [1.29, 1.82) is 0 Å². The molecule has 0 amide bonds. The number of carbonyl (C=O) groups excluding carboxylic acids is 8. The molecule has 5 aliphatic heterocycles. The van der Waals surface area contributed by atoms with Crippen LogP contribution in [0, 0.1) is 0 Å². The summed E-state index contributed by atoms with van der Waals surface area (Å²) in [5.41, 5.74) is 4.29. The second-order valence-electron chi connectivity index (χ2n) is 15.2. The van der Waals surface area contributed by atoms with Crippen LogP contribution in [-0.4, -0.2) is 127 Å². The van der Waals surface area contributed by atoms with Gasteiger partial charge < -0.3 is 37.9 Å². The molecule has 0 saturated carbocycles. The summed E-state index contributed by atoms with van der Waals surface area (Å²) in [6.07, 6.45) is 4.91. The molecule has 0 atom stereocenters. The number of allylic oxidation sites excluding steroid dienone is 11. The lowest BCUT2D eigenvalue weighted by Crippen LogP contribution is -2.12. The van der Waals surface area contributed by atoms with Gasteiger partial charge in [0.2, 0.25) is 0 Å². The summed E-state index contributed by atoms with van der Waals surface area (Å²) in [7, 11) is 9.80. The van der Waals surface area contributed by atoms with Crippen LogP contribution in [0.1, 0.15) is 77.0 Å². The highest BCUT2D eigenvalue weighted by molar-refractivity contribution is 6.23. The molecule has 0 spiro atoms. The minimum atomic E-state index is -0.827. The molecule has 0 aromatic carbocycles. The average molecular weight is 941 g/mol. The monoisotopic (exact) mass is 940 g/mol. The van der Waals surface area contributed by atoms with Crippen molar-refractivity contribution in [2.75, 3.05) is 56.9 Å². The van der Waals surface area contributed by atoms with Crippen molar-refractivity contribution in [3.63, 3.8) is 0 Å². The smallest absolute Gasteiger partial charge is 0.340 e. The number of esters is 8. The zero-order chi connectivity index (χ0) is 49.7. The molecule has 20 nitrogen and oxygen atoms in total. The summed E-state index contributed by atoms with van der Waals surface area (Å²) in [6, 6.07) is 0. The number of nitrogens with zero attached hydrogens (tertiary/aromatic N) is 4. The van der Waals surface area contributed by atoms with E-state index in [1.54, 1.807) is 12.2 Å².